The number of hydrogen-bond acceptors (Lipinski definition) is 5. The molecule has 4 rings (SSSR count). The molecule has 4 aromatic rings. The molecule has 2 heterocycles. The number of carbonyl (C=O) groups excluding carboxylic acids is 1. The average molecular weight is 416 g/mol. The van der Waals surface area contributed by atoms with Crippen molar-refractivity contribution in [3.63, 3.8) is 0 Å². The summed E-state index contributed by atoms with van der Waals surface area (Å²) in [4.78, 5) is 16.3. The molecule has 6 nitrogen and oxygen atoms in total. The highest BCUT2D eigenvalue weighted by Gasteiger charge is 2.08. The number of anilines is 1. The van der Waals surface area contributed by atoms with Crippen molar-refractivity contribution >= 4 is 23.4 Å². The van der Waals surface area contributed by atoms with Crippen molar-refractivity contribution in [2.75, 3.05) is 11.1 Å². The van der Waals surface area contributed by atoms with Crippen LogP contribution in [0.5, 0.6) is 0 Å². The number of rotatable bonds is 6. The summed E-state index contributed by atoms with van der Waals surface area (Å²) in [6, 6.07) is 17.7. The van der Waals surface area contributed by atoms with Gasteiger partial charge in [0.15, 0.2) is 0 Å². The Morgan fingerprint density at radius 2 is 1.87 bits per heavy atom. The number of thioether (sulfide) groups is 1. The van der Waals surface area contributed by atoms with E-state index in [9.17, 15) is 4.79 Å². The Labute approximate surface area is 179 Å². The van der Waals surface area contributed by atoms with E-state index in [1.54, 1.807) is 12.5 Å². The highest BCUT2D eigenvalue weighted by molar-refractivity contribution is 7.99. The molecule has 0 radical (unpaired) electrons. The van der Waals surface area contributed by atoms with E-state index < -0.39 is 0 Å². The van der Waals surface area contributed by atoms with Gasteiger partial charge in [-0.1, -0.05) is 36.0 Å². The van der Waals surface area contributed by atoms with E-state index in [0.717, 1.165) is 33.8 Å². The van der Waals surface area contributed by atoms with E-state index >= 15 is 0 Å². The van der Waals surface area contributed by atoms with Gasteiger partial charge >= 0.3 is 0 Å². The highest BCUT2D eigenvalue weighted by Crippen LogP contribution is 2.22. The predicted molar refractivity (Wildman–Crippen MR) is 120 cm³/mol. The van der Waals surface area contributed by atoms with Gasteiger partial charge in [-0.25, -0.2) is 4.98 Å². The van der Waals surface area contributed by atoms with Gasteiger partial charge in [0.05, 0.1) is 17.8 Å². The van der Waals surface area contributed by atoms with Gasteiger partial charge in [-0.3, -0.25) is 4.79 Å². The third-order valence-corrected chi connectivity index (χ3v) is 5.76. The van der Waals surface area contributed by atoms with E-state index in [-0.39, 0.29) is 11.7 Å². The number of aryl methyl sites for hydroxylation is 1. The summed E-state index contributed by atoms with van der Waals surface area (Å²) in [7, 11) is 0. The second-order valence-electron chi connectivity index (χ2n) is 6.86. The maximum atomic E-state index is 12.3. The predicted octanol–water partition coefficient (Wildman–Crippen LogP) is 4.68. The summed E-state index contributed by atoms with van der Waals surface area (Å²) < 4.78 is 1.94. The second kappa shape index (κ2) is 8.92. The summed E-state index contributed by atoms with van der Waals surface area (Å²) in [6.45, 7) is 4.03. The normalized spacial score (nSPS) is 10.7. The minimum atomic E-state index is -0.0605. The SMILES string of the molecule is Cc1cccc(NC(=O)CSc2ccc(-c3ccc(-n4ccnc4)cc3)nn2)c1C. The zero-order valence-corrected chi connectivity index (χ0v) is 17.6. The maximum absolute atomic E-state index is 12.3. The minimum Gasteiger partial charge on any atom is -0.325 e. The van der Waals surface area contributed by atoms with E-state index in [4.69, 9.17) is 0 Å². The topological polar surface area (TPSA) is 72.7 Å². The number of hydrogen-bond donors (Lipinski definition) is 1. The molecule has 0 bridgehead atoms. The van der Waals surface area contributed by atoms with Crippen molar-refractivity contribution in [1.29, 1.82) is 0 Å². The van der Waals surface area contributed by atoms with Crippen molar-refractivity contribution in [1.82, 2.24) is 19.7 Å². The fourth-order valence-electron chi connectivity index (χ4n) is 2.98. The van der Waals surface area contributed by atoms with Crippen LogP contribution in [0.4, 0.5) is 5.69 Å². The quantitative estimate of drug-likeness (QED) is 0.463. The first-order valence-corrected chi connectivity index (χ1v) is 10.5. The van der Waals surface area contributed by atoms with Crippen LogP contribution >= 0.6 is 11.8 Å². The number of imidazole rings is 1. The largest absolute Gasteiger partial charge is 0.325 e. The van der Waals surface area contributed by atoms with E-state index in [0.29, 0.717) is 5.03 Å². The Morgan fingerprint density at radius 1 is 1.03 bits per heavy atom. The molecule has 150 valence electrons. The third-order valence-electron chi connectivity index (χ3n) is 4.84. The van der Waals surface area contributed by atoms with Crippen LogP contribution in [0.15, 0.2) is 78.3 Å². The second-order valence-corrected chi connectivity index (χ2v) is 7.85. The fourth-order valence-corrected chi connectivity index (χ4v) is 3.59. The molecule has 0 saturated heterocycles. The lowest BCUT2D eigenvalue weighted by Crippen LogP contribution is -2.15. The molecule has 0 aliphatic carbocycles. The molecular formula is C23H21N5OS. The molecule has 7 heteroatoms. The molecule has 0 saturated carbocycles. The van der Waals surface area contributed by atoms with Crippen LogP contribution < -0.4 is 5.32 Å². The van der Waals surface area contributed by atoms with Crippen LogP contribution in [0.2, 0.25) is 0 Å². The van der Waals surface area contributed by atoms with Gasteiger partial charge in [0, 0.05) is 29.3 Å². The molecule has 30 heavy (non-hydrogen) atoms. The smallest absolute Gasteiger partial charge is 0.234 e. The summed E-state index contributed by atoms with van der Waals surface area (Å²) in [5, 5.41) is 12.2. The molecule has 2 aromatic carbocycles. The van der Waals surface area contributed by atoms with Gasteiger partial charge in [0.1, 0.15) is 5.03 Å². The first-order valence-electron chi connectivity index (χ1n) is 9.51. The first kappa shape index (κ1) is 19.8. The molecule has 0 spiro atoms. The van der Waals surface area contributed by atoms with Crippen LogP contribution in [0.1, 0.15) is 11.1 Å². The lowest BCUT2D eigenvalue weighted by molar-refractivity contribution is -0.113. The number of benzene rings is 2. The van der Waals surface area contributed by atoms with Gasteiger partial charge in [-0.15, -0.1) is 10.2 Å². The monoisotopic (exact) mass is 415 g/mol. The Bertz CT molecular complexity index is 1140. The Morgan fingerprint density at radius 3 is 2.57 bits per heavy atom. The molecule has 0 fully saturated rings. The zero-order valence-electron chi connectivity index (χ0n) is 16.7. The number of nitrogens with one attached hydrogen (secondary N) is 1. The number of nitrogens with zero attached hydrogens (tertiary/aromatic N) is 4. The number of aromatic nitrogens is 4. The summed E-state index contributed by atoms with van der Waals surface area (Å²) in [6.07, 6.45) is 5.41. The molecule has 1 N–H and O–H groups in total. The van der Waals surface area contributed by atoms with Gasteiger partial charge in [0.2, 0.25) is 5.91 Å². The molecular weight excluding hydrogens is 394 g/mol. The van der Waals surface area contributed by atoms with Crippen LogP contribution in [0.3, 0.4) is 0 Å². The van der Waals surface area contributed by atoms with Crippen LogP contribution in [-0.4, -0.2) is 31.4 Å². The standard InChI is InChI=1S/C23H21N5OS/c1-16-4-3-5-20(17(16)2)25-22(29)14-30-23-11-10-21(26-27-23)18-6-8-19(9-7-18)28-13-12-24-15-28/h3-13,15H,14H2,1-2H3,(H,25,29). The van der Waals surface area contributed by atoms with Gasteiger partial charge < -0.3 is 9.88 Å². The van der Waals surface area contributed by atoms with Crippen molar-refractivity contribution in [2.45, 2.75) is 18.9 Å². The molecule has 0 atom stereocenters. The Hall–Kier alpha value is -3.45. The molecule has 0 aliphatic heterocycles. The van der Waals surface area contributed by atoms with E-state index in [2.05, 4.69) is 20.5 Å². The Kier molecular flexibility index (Phi) is 5.90. The van der Waals surface area contributed by atoms with Gasteiger partial charge in [0.25, 0.3) is 0 Å². The Balaban J connectivity index is 1.35. The average Bonchev–Trinajstić information content (AvgIpc) is 3.31. The highest BCUT2D eigenvalue weighted by atomic mass is 32.2. The van der Waals surface area contributed by atoms with Crippen molar-refractivity contribution in [2.24, 2.45) is 0 Å². The lowest BCUT2D eigenvalue weighted by Gasteiger charge is -2.10. The minimum absolute atomic E-state index is 0.0605. The van der Waals surface area contributed by atoms with Crippen LogP contribution in [0.25, 0.3) is 16.9 Å². The summed E-state index contributed by atoms with van der Waals surface area (Å²) in [5.74, 6) is 0.218. The van der Waals surface area contributed by atoms with E-state index in [1.165, 1.54) is 11.8 Å². The fraction of sp³-hybridized carbons (Fsp3) is 0.130. The molecule has 0 unspecified atom stereocenters. The van der Waals surface area contributed by atoms with Crippen molar-refractivity contribution in [3.8, 4) is 16.9 Å². The summed E-state index contributed by atoms with van der Waals surface area (Å²) in [5.41, 5.74) is 5.89. The number of amides is 1. The molecule has 1 amide bonds. The molecule has 0 aliphatic rings. The maximum Gasteiger partial charge on any atom is 0.234 e. The van der Waals surface area contributed by atoms with Crippen LogP contribution in [-0.2, 0) is 4.79 Å². The zero-order chi connectivity index (χ0) is 20.9. The first-order chi connectivity index (χ1) is 14.6. The van der Waals surface area contributed by atoms with E-state index in [1.807, 2.05) is 79.2 Å². The van der Waals surface area contributed by atoms with Crippen LogP contribution in [0, 0.1) is 13.8 Å². The lowest BCUT2D eigenvalue weighted by atomic mass is 10.1. The molecule has 2 aromatic heterocycles. The summed E-state index contributed by atoms with van der Waals surface area (Å²) >= 11 is 1.37. The van der Waals surface area contributed by atoms with Gasteiger partial charge in [-0.2, -0.15) is 0 Å². The van der Waals surface area contributed by atoms with Crippen molar-refractivity contribution < 1.29 is 4.79 Å². The third kappa shape index (κ3) is 4.58. The van der Waals surface area contributed by atoms with Crippen molar-refractivity contribution in [3.05, 3.63) is 84.4 Å². The number of carbonyl (C=O) groups is 1. The van der Waals surface area contributed by atoms with Gasteiger partial charge in [-0.05, 0) is 55.3 Å².